The van der Waals surface area contributed by atoms with Crippen molar-refractivity contribution in [1.29, 1.82) is 0 Å². The van der Waals surface area contributed by atoms with Gasteiger partial charge < -0.3 is 4.90 Å². The fraction of sp³-hybridized carbons (Fsp3) is 0.286. The molecule has 1 saturated heterocycles. The number of nitrogens with zero attached hydrogens (tertiary/aromatic N) is 4. The molecule has 3 aromatic rings. The van der Waals surface area contributed by atoms with Gasteiger partial charge in [0, 0.05) is 31.2 Å². The Kier molecular flexibility index (Phi) is 4.52. The summed E-state index contributed by atoms with van der Waals surface area (Å²) in [4.78, 5) is 23.4. The number of hydrogen-bond acceptors (Lipinski definition) is 3. The highest BCUT2D eigenvalue weighted by molar-refractivity contribution is 5.94. The summed E-state index contributed by atoms with van der Waals surface area (Å²) in [6, 6.07) is 12.6. The van der Waals surface area contributed by atoms with E-state index in [0.29, 0.717) is 5.56 Å². The molecule has 1 aliphatic rings. The predicted octanol–water partition coefficient (Wildman–Crippen LogP) is 3.42. The van der Waals surface area contributed by atoms with Gasteiger partial charge in [-0.15, -0.1) is 0 Å². The molecular formula is C21H22N4O. The Morgan fingerprint density at radius 3 is 2.73 bits per heavy atom. The van der Waals surface area contributed by atoms with Crippen molar-refractivity contribution in [3.05, 3.63) is 78.0 Å². The smallest absolute Gasteiger partial charge is 0.255 e. The second-order valence-corrected chi connectivity index (χ2v) is 6.86. The summed E-state index contributed by atoms with van der Waals surface area (Å²) in [5.74, 6) is 0.834. The van der Waals surface area contributed by atoms with Crippen LogP contribution < -0.4 is 0 Å². The molecule has 3 heterocycles. The van der Waals surface area contributed by atoms with Gasteiger partial charge in [0.15, 0.2) is 0 Å². The molecule has 1 unspecified atom stereocenters. The van der Waals surface area contributed by atoms with Crippen LogP contribution in [0.5, 0.6) is 0 Å². The first-order valence-electron chi connectivity index (χ1n) is 9.01. The van der Waals surface area contributed by atoms with Crippen LogP contribution in [0.25, 0.3) is 5.82 Å². The third-order valence-electron chi connectivity index (χ3n) is 4.99. The number of benzene rings is 1. The van der Waals surface area contributed by atoms with E-state index in [1.807, 2.05) is 27.8 Å². The first-order chi connectivity index (χ1) is 12.7. The van der Waals surface area contributed by atoms with Crippen LogP contribution in [0.4, 0.5) is 0 Å². The van der Waals surface area contributed by atoms with Gasteiger partial charge in [-0.3, -0.25) is 9.36 Å². The summed E-state index contributed by atoms with van der Waals surface area (Å²) in [7, 11) is 0. The van der Waals surface area contributed by atoms with Gasteiger partial charge >= 0.3 is 0 Å². The molecule has 5 heteroatoms. The summed E-state index contributed by atoms with van der Waals surface area (Å²) in [6.45, 7) is 2.91. The highest BCUT2D eigenvalue weighted by Gasteiger charge is 2.29. The van der Waals surface area contributed by atoms with Crippen molar-refractivity contribution in [2.45, 2.75) is 32.2 Å². The van der Waals surface area contributed by atoms with Crippen molar-refractivity contribution >= 4 is 5.91 Å². The molecule has 0 radical (unpaired) electrons. The molecule has 0 aliphatic carbocycles. The third-order valence-corrected chi connectivity index (χ3v) is 4.99. The minimum Gasteiger partial charge on any atom is -0.335 e. The molecule has 0 N–H and O–H groups in total. The van der Waals surface area contributed by atoms with Crippen LogP contribution in [0.3, 0.4) is 0 Å². The Morgan fingerprint density at radius 1 is 1.19 bits per heavy atom. The number of imidazole rings is 1. The van der Waals surface area contributed by atoms with Gasteiger partial charge in [0.1, 0.15) is 12.1 Å². The maximum absolute atomic E-state index is 13.0. The van der Waals surface area contributed by atoms with Gasteiger partial charge in [-0.25, -0.2) is 9.97 Å². The normalized spacial score (nSPS) is 16.8. The average molecular weight is 346 g/mol. The molecular weight excluding hydrogens is 324 g/mol. The minimum absolute atomic E-state index is 0.0734. The Bertz CT molecular complexity index is 869. The summed E-state index contributed by atoms with van der Waals surface area (Å²) in [6.07, 6.45) is 9.93. The summed E-state index contributed by atoms with van der Waals surface area (Å²) in [5.41, 5.74) is 3.19. The number of hydrogen-bond donors (Lipinski definition) is 0. The summed E-state index contributed by atoms with van der Waals surface area (Å²) >= 11 is 0. The van der Waals surface area contributed by atoms with E-state index in [1.165, 1.54) is 11.1 Å². The minimum atomic E-state index is 0.0734. The van der Waals surface area contributed by atoms with Crippen LogP contribution in [0, 0.1) is 6.92 Å². The van der Waals surface area contributed by atoms with E-state index in [2.05, 4.69) is 41.2 Å². The molecule has 26 heavy (non-hydrogen) atoms. The van der Waals surface area contributed by atoms with Gasteiger partial charge in [0.25, 0.3) is 5.91 Å². The number of carbonyl (C=O) groups is 1. The standard InChI is InChI=1S/C21H22N4O/c1-16-4-6-17(7-5-16)13-19-3-2-11-25(19)21(26)18-8-9-20(23-14-18)24-12-10-22-15-24/h4-10,12,14-15,19H,2-3,11,13H2,1H3. The number of carbonyl (C=O) groups excluding carboxylic acids is 1. The van der Waals surface area contributed by atoms with Gasteiger partial charge in [-0.2, -0.15) is 0 Å². The summed E-state index contributed by atoms with van der Waals surface area (Å²) < 4.78 is 1.82. The quantitative estimate of drug-likeness (QED) is 0.727. The highest BCUT2D eigenvalue weighted by atomic mass is 16.2. The SMILES string of the molecule is Cc1ccc(CC2CCCN2C(=O)c2ccc(-n3ccnc3)nc2)cc1. The van der Waals surface area contributed by atoms with Crippen molar-refractivity contribution in [2.24, 2.45) is 0 Å². The molecule has 1 amide bonds. The van der Waals surface area contributed by atoms with Crippen LogP contribution in [0.15, 0.2) is 61.3 Å². The average Bonchev–Trinajstić information content (AvgIpc) is 3.35. The van der Waals surface area contributed by atoms with Crippen molar-refractivity contribution in [3.8, 4) is 5.82 Å². The number of aryl methyl sites for hydroxylation is 1. The molecule has 5 nitrogen and oxygen atoms in total. The van der Waals surface area contributed by atoms with Crippen molar-refractivity contribution in [1.82, 2.24) is 19.4 Å². The van der Waals surface area contributed by atoms with Crippen LogP contribution >= 0.6 is 0 Å². The molecule has 1 aliphatic heterocycles. The fourth-order valence-electron chi connectivity index (χ4n) is 3.54. The zero-order valence-corrected chi connectivity index (χ0v) is 14.9. The first kappa shape index (κ1) is 16.5. The zero-order chi connectivity index (χ0) is 17.9. The lowest BCUT2D eigenvalue weighted by molar-refractivity contribution is 0.0736. The number of amides is 1. The lowest BCUT2D eigenvalue weighted by atomic mass is 10.0. The molecule has 0 bridgehead atoms. The number of rotatable bonds is 4. The predicted molar refractivity (Wildman–Crippen MR) is 100 cm³/mol. The van der Waals surface area contributed by atoms with Crippen molar-refractivity contribution in [3.63, 3.8) is 0 Å². The highest BCUT2D eigenvalue weighted by Crippen LogP contribution is 2.23. The molecule has 1 aromatic carbocycles. The number of pyridine rings is 1. The van der Waals surface area contributed by atoms with Crippen LogP contribution in [-0.4, -0.2) is 37.9 Å². The summed E-state index contributed by atoms with van der Waals surface area (Å²) in [5, 5.41) is 0. The van der Waals surface area contributed by atoms with Crippen LogP contribution in [0.1, 0.15) is 34.3 Å². The van der Waals surface area contributed by atoms with Gasteiger partial charge in [0.2, 0.25) is 0 Å². The van der Waals surface area contributed by atoms with Gasteiger partial charge in [-0.1, -0.05) is 29.8 Å². The Morgan fingerprint density at radius 2 is 2.04 bits per heavy atom. The molecule has 0 spiro atoms. The van der Waals surface area contributed by atoms with Gasteiger partial charge in [0.05, 0.1) is 5.56 Å². The van der Waals surface area contributed by atoms with Crippen molar-refractivity contribution < 1.29 is 4.79 Å². The molecule has 1 atom stereocenters. The Balaban J connectivity index is 1.48. The number of likely N-dealkylation sites (tertiary alicyclic amines) is 1. The second-order valence-electron chi connectivity index (χ2n) is 6.86. The lowest BCUT2D eigenvalue weighted by Crippen LogP contribution is -2.36. The Labute approximate surface area is 153 Å². The number of aromatic nitrogens is 3. The lowest BCUT2D eigenvalue weighted by Gasteiger charge is -2.25. The molecule has 4 rings (SSSR count). The van der Waals surface area contributed by atoms with Crippen molar-refractivity contribution in [2.75, 3.05) is 6.54 Å². The van der Waals surface area contributed by atoms with E-state index in [0.717, 1.165) is 31.6 Å². The van der Waals surface area contributed by atoms with E-state index >= 15 is 0 Å². The fourth-order valence-corrected chi connectivity index (χ4v) is 3.54. The maximum Gasteiger partial charge on any atom is 0.255 e. The second kappa shape index (κ2) is 7.12. The maximum atomic E-state index is 13.0. The topological polar surface area (TPSA) is 51.0 Å². The largest absolute Gasteiger partial charge is 0.335 e. The van der Waals surface area contributed by atoms with E-state index in [-0.39, 0.29) is 11.9 Å². The van der Waals surface area contributed by atoms with Crippen LogP contribution in [-0.2, 0) is 6.42 Å². The van der Waals surface area contributed by atoms with Crippen LogP contribution in [0.2, 0.25) is 0 Å². The van der Waals surface area contributed by atoms with E-state index in [4.69, 9.17) is 0 Å². The molecule has 2 aromatic heterocycles. The van der Waals surface area contributed by atoms with Gasteiger partial charge in [-0.05, 0) is 43.9 Å². The third kappa shape index (κ3) is 3.38. The monoisotopic (exact) mass is 346 g/mol. The van der Waals surface area contributed by atoms with E-state index < -0.39 is 0 Å². The van der Waals surface area contributed by atoms with E-state index in [1.54, 1.807) is 18.7 Å². The first-order valence-corrected chi connectivity index (χ1v) is 9.01. The molecule has 0 saturated carbocycles. The zero-order valence-electron chi connectivity index (χ0n) is 14.9. The molecule has 1 fully saturated rings. The van der Waals surface area contributed by atoms with E-state index in [9.17, 15) is 4.79 Å². The Hall–Kier alpha value is -2.95. The molecule has 132 valence electrons.